The fourth-order valence-corrected chi connectivity index (χ4v) is 2.20. The quantitative estimate of drug-likeness (QED) is 0.832. The topological polar surface area (TPSA) is 97.5 Å². The number of carbonyl (C=O) groups is 1. The number of aryl methyl sites for hydroxylation is 2. The zero-order valence-corrected chi connectivity index (χ0v) is 16.2. The average molecular weight is 361 g/mol. The highest BCUT2D eigenvalue weighted by atomic mass is 16.6. The van der Waals surface area contributed by atoms with Crippen molar-refractivity contribution in [1.82, 2.24) is 10.1 Å². The molecule has 0 radical (unpaired) electrons. The number of aromatic nitrogens is 2. The number of nitrogens with zero attached hydrogens (tertiary/aromatic N) is 2. The maximum Gasteiger partial charge on any atom is 0.412 e. The smallest absolute Gasteiger partial charge is 0.412 e. The third-order valence-corrected chi connectivity index (χ3v) is 3.55. The molecule has 7 heteroatoms. The second kappa shape index (κ2) is 7.45. The van der Waals surface area contributed by atoms with E-state index in [1.807, 2.05) is 39.8 Å². The van der Waals surface area contributed by atoms with Crippen molar-refractivity contribution >= 4 is 11.8 Å². The van der Waals surface area contributed by atoms with Crippen molar-refractivity contribution in [2.75, 3.05) is 5.32 Å². The number of ether oxygens (including phenoxy) is 1. The Balaban J connectivity index is 2.14. The van der Waals surface area contributed by atoms with Crippen molar-refractivity contribution < 1.29 is 19.2 Å². The van der Waals surface area contributed by atoms with Gasteiger partial charge < -0.3 is 14.4 Å². The minimum Gasteiger partial charge on any atom is -0.444 e. The molecule has 0 aliphatic heterocycles. The van der Waals surface area contributed by atoms with Crippen molar-refractivity contribution in [2.24, 2.45) is 0 Å². The average Bonchev–Trinajstić information content (AvgIpc) is 2.94. The molecule has 0 aliphatic carbocycles. The van der Waals surface area contributed by atoms with Gasteiger partial charge in [0.05, 0.1) is 5.60 Å². The van der Waals surface area contributed by atoms with Crippen molar-refractivity contribution in [3.8, 4) is 11.4 Å². The molecule has 2 rings (SSSR count). The van der Waals surface area contributed by atoms with Crippen LogP contribution in [0.4, 0.5) is 10.5 Å². The van der Waals surface area contributed by atoms with Crippen molar-refractivity contribution in [1.29, 1.82) is 0 Å². The molecule has 1 amide bonds. The predicted molar refractivity (Wildman–Crippen MR) is 98.9 cm³/mol. The summed E-state index contributed by atoms with van der Waals surface area (Å²) in [6.07, 6.45) is 0.496. The Labute approximate surface area is 153 Å². The Hall–Kier alpha value is -2.41. The van der Waals surface area contributed by atoms with E-state index in [1.54, 1.807) is 19.9 Å². The van der Waals surface area contributed by atoms with E-state index in [0.29, 0.717) is 30.2 Å². The van der Waals surface area contributed by atoms with Crippen LogP contribution in [0.5, 0.6) is 0 Å². The summed E-state index contributed by atoms with van der Waals surface area (Å²) in [5, 5.41) is 16.5. The van der Waals surface area contributed by atoms with Gasteiger partial charge in [-0.2, -0.15) is 4.98 Å². The molecule has 0 spiro atoms. The first-order valence-electron chi connectivity index (χ1n) is 8.59. The normalized spacial score (nSPS) is 12.1. The van der Waals surface area contributed by atoms with E-state index in [4.69, 9.17) is 9.26 Å². The molecule has 2 N–H and O–H groups in total. The Morgan fingerprint density at radius 2 is 1.96 bits per heavy atom. The van der Waals surface area contributed by atoms with Gasteiger partial charge in [-0.25, -0.2) is 4.79 Å². The molecule has 0 saturated heterocycles. The Morgan fingerprint density at radius 3 is 2.58 bits per heavy atom. The molecule has 0 saturated carbocycles. The van der Waals surface area contributed by atoms with E-state index in [1.165, 1.54) is 0 Å². The van der Waals surface area contributed by atoms with Crippen LogP contribution in [0, 0.1) is 6.92 Å². The summed E-state index contributed by atoms with van der Waals surface area (Å²) in [5.74, 6) is 0.896. The van der Waals surface area contributed by atoms with Crippen LogP contribution in [0.2, 0.25) is 0 Å². The Kier molecular flexibility index (Phi) is 5.71. The standard InChI is InChI=1S/C19H27N3O4/c1-12-7-8-13(11-14(12)20-17(23)25-18(2,3)4)16-21-15(26-22-16)9-10-19(5,6)24/h7-8,11,24H,9-10H2,1-6H3,(H,20,23). The van der Waals surface area contributed by atoms with Crippen LogP contribution in [-0.2, 0) is 11.2 Å². The first-order valence-corrected chi connectivity index (χ1v) is 8.59. The number of hydrogen-bond donors (Lipinski definition) is 2. The molecule has 1 heterocycles. The lowest BCUT2D eigenvalue weighted by Gasteiger charge is -2.20. The van der Waals surface area contributed by atoms with E-state index in [0.717, 1.165) is 11.1 Å². The summed E-state index contributed by atoms with van der Waals surface area (Å²) in [4.78, 5) is 16.4. The molecular formula is C19H27N3O4. The summed E-state index contributed by atoms with van der Waals surface area (Å²) >= 11 is 0. The number of hydrogen-bond acceptors (Lipinski definition) is 6. The number of carbonyl (C=O) groups excluding carboxylic acids is 1. The van der Waals surface area contributed by atoms with E-state index < -0.39 is 17.3 Å². The minimum absolute atomic E-state index is 0.433. The summed E-state index contributed by atoms with van der Waals surface area (Å²) in [7, 11) is 0. The van der Waals surface area contributed by atoms with Gasteiger partial charge in [-0.05, 0) is 59.6 Å². The Morgan fingerprint density at radius 1 is 1.27 bits per heavy atom. The number of aliphatic hydroxyl groups is 1. The van der Waals surface area contributed by atoms with Crippen LogP contribution in [0.3, 0.4) is 0 Å². The molecule has 0 fully saturated rings. The van der Waals surface area contributed by atoms with Crippen molar-refractivity contribution in [3.05, 3.63) is 29.7 Å². The maximum absolute atomic E-state index is 12.0. The van der Waals surface area contributed by atoms with Gasteiger partial charge in [0.15, 0.2) is 0 Å². The fraction of sp³-hybridized carbons (Fsp3) is 0.526. The summed E-state index contributed by atoms with van der Waals surface area (Å²) < 4.78 is 10.5. The highest BCUT2D eigenvalue weighted by Crippen LogP contribution is 2.25. The molecule has 0 aliphatic rings. The van der Waals surface area contributed by atoms with Gasteiger partial charge in [0.1, 0.15) is 5.60 Å². The monoisotopic (exact) mass is 361 g/mol. The molecule has 0 atom stereocenters. The van der Waals surface area contributed by atoms with Gasteiger partial charge in [-0.1, -0.05) is 17.3 Å². The third-order valence-electron chi connectivity index (χ3n) is 3.55. The van der Waals surface area contributed by atoms with Gasteiger partial charge in [0.25, 0.3) is 0 Å². The van der Waals surface area contributed by atoms with Crippen LogP contribution < -0.4 is 5.32 Å². The third kappa shape index (κ3) is 6.15. The molecule has 26 heavy (non-hydrogen) atoms. The first-order chi connectivity index (χ1) is 11.9. The highest BCUT2D eigenvalue weighted by Gasteiger charge is 2.18. The molecule has 142 valence electrons. The summed E-state index contributed by atoms with van der Waals surface area (Å²) in [6, 6.07) is 5.51. The summed E-state index contributed by atoms with van der Waals surface area (Å²) in [6.45, 7) is 10.8. The van der Waals surface area contributed by atoms with E-state index >= 15 is 0 Å². The van der Waals surface area contributed by atoms with Gasteiger partial charge in [-0.3, -0.25) is 5.32 Å². The highest BCUT2D eigenvalue weighted by molar-refractivity contribution is 5.87. The van der Waals surface area contributed by atoms with Crippen molar-refractivity contribution in [2.45, 2.75) is 65.6 Å². The van der Waals surface area contributed by atoms with Gasteiger partial charge >= 0.3 is 6.09 Å². The van der Waals surface area contributed by atoms with Crippen LogP contribution in [0.1, 0.15) is 52.5 Å². The van der Waals surface area contributed by atoms with Gasteiger partial charge in [0.2, 0.25) is 11.7 Å². The van der Waals surface area contributed by atoms with Crippen LogP contribution in [-0.4, -0.2) is 32.5 Å². The molecule has 0 bridgehead atoms. The lowest BCUT2D eigenvalue weighted by molar-refractivity contribution is 0.0634. The SMILES string of the molecule is Cc1ccc(-c2noc(CCC(C)(C)O)n2)cc1NC(=O)OC(C)(C)C. The number of anilines is 1. The number of benzene rings is 1. The van der Waals surface area contributed by atoms with Crippen LogP contribution >= 0.6 is 0 Å². The number of rotatable bonds is 5. The molecular weight excluding hydrogens is 334 g/mol. The lowest BCUT2D eigenvalue weighted by Crippen LogP contribution is -2.27. The van der Waals surface area contributed by atoms with Gasteiger partial charge in [-0.15, -0.1) is 0 Å². The van der Waals surface area contributed by atoms with E-state index in [-0.39, 0.29) is 0 Å². The summed E-state index contributed by atoms with van der Waals surface area (Å²) in [5.41, 5.74) is 0.881. The molecule has 1 aromatic carbocycles. The second-order valence-corrected chi connectivity index (χ2v) is 7.98. The van der Waals surface area contributed by atoms with E-state index in [2.05, 4.69) is 15.5 Å². The predicted octanol–water partition coefficient (Wildman–Crippen LogP) is 4.10. The zero-order chi connectivity index (χ0) is 19.5. The second-order valence-electron chi connectivity index (χ2n) is 7.98. The van der Waals surface area contributed by atoms with E-state index in [9.17, 15) is 9.90 Å². The largest absolute Gasteiger partial charge is 0.444 e. The zero-order valence-electron chi connectivity index (χ0n) is 16.2. The molecule has 7 nitrogen and oxygen atoms in total. The van der Waals surface area contributed by atoms with Crippen LogP contribution in [0.25, 0.3) is 11.4 Å². The molecule has 2 aromatic rings. The molecule has 0 unspecified atom stereocenters. The Bertz CT molecular complexity index is 770. The first kappa shape index (κ1) is 19.9. The van der Waals surface area contributed by atoms with Gasteiger partial charge in [0, 0.05) is 17.7 Å². The fourth-order valence-electron chi connectivity index (χ4n) is 2.20. The number of amides is 1. The lowest BCUT2D eigenvalue weighted by atomic mass is 10.0. The number of nitrogens with one attached hydrogen (secondary N) is 1. The molecule has 1 aromatic heterocycles. The van der Waals surface area contributed by atoms with Crippen molar-refractivity contribution in [3.63, 3.8) is 0 Å². The minimum atomic E-state index is -0.789. The van der Waals surface area contributed by atoms with Crippen LogP contribution in [0.15, 0.2) is 22.7 Å². The maximum atomic E-state index is 12.0.